The molecule has 3 rings (SSSR count). The van der Waals surface area contributed by atoms with Gasteiger partial charge >= 0.3 is 0 Å². The number of aryl methyl sites for hydroxylation is 1. The van der Waals surface area contributed by atoms with E-state index >= 15 is 0 Å². The Morgan fingerprint density at radius 2 is 1.44 bits per heavy atom. The standard InChI is InChI=1S/C17H19N3.H2O4S/c1-2-3-8-20-16-10-14(18)6-4-12(16)9-13-5-7-15(19)11-17(13)20;1-5(2,3)4/h4-7,9-11H,2-3,8H2,1H3,(H3,18,19);(H2,1,2,3,4). The van der Waals surface area contributed by atoms with E-state index in [1.165, 1.54) is 21.8 Å². The molecule has 0 saturated carbocycles. The molecule has 0 atom stereocenters. The fourth-order valence-electron chi connectivity index (χ4n) is 2.69. The molecule has 8 heteroatoms. The maximum atomic E-state index is 8.63. The molecule has 25 heavy (non-hydrogen) atoms. The Kier molecular flexibility index (Phi) is 5.78. The first kappa shape index (κ1) is 18.9. The minimum absolute atomic E-state index is 0.797. The third-order valence-corrected chi connectivity index (χ3v) is 3.74. The van der Waals surface area contributed by atoms with E-state index in [2.05, 4.69) is 29.7 Å². The second-order valence-electron chi connectivity index (χ2n) is 5.71. The third-order valence-electron chi connectivity index (χ3n) is 3.74. The van der Waals surface area contributed by atoms with Gasteiger partial charge in [-0.3, -0.25) is 4.55 Å². The van der Waals surface area contributed by atoms with E-state index in [0.717, 1.165) is 30.8 Å². The highest BCUT2D eigenvalue weighted by Crippen LogP contribution is 2.22. The van der Waals surface area contributed by atoms with Crippen molar-refractivity contribution in [3.63, 3.8) is 0 Å². The van der Waals surface area contributed by atoms with Crippen LogP contribution in [0.1, 0.15) is 19.8 Å². The second kappa shape index (κ2) is 7.64. The van der Waals surface area contributed by atoms with Crippen molar-refractivity contribution in [2.75, 3.05) is 11.5 Å². The number of aromatic nitrogens is 1. The Bertz CT molecular complexity index is 936. The average molecular weight is 363 g/mol. The van der Waals surface area contributed by atoms with Crippen LogP contribution in [0.25, 0.3) is 21.8 Å². The van der Waals surface area contributed by atoms with Gasteiger partial charge in [-0.1, -0.05) is 13.3 Å². The van der Waals surface area contributed by atoms with E-state index in [1.54, 1.807) is 0 Å². The molecular formula is C17H21N3O4S. The molecule has 0 spiro atoms. The quantitative estimate of drug-likeness (QED) is 0.215. The summed E-state index contributed by atoms with van der Waals surface area (Å²) in [5.41, 5.74) is 15.9. The van der Waals surface area contributed by atoms with Gasteiger partial charge < -0.3 is 16.0 Å². The van der Waals surface area contributed by atoms with Gasteiger partial charge in [-0.2, -0.15) is 4.57 Å². The summed E-state index contributed by atoms with van der Waals surface area (Å²) in [6.07, 6.45) is 2.30. The van der Waals surface area contributed by atoms with Gasteiger partial charge in [-0.15, -0.1) is 0 Å². The predicted molar refractivity (Wildman–Crippen MR) is 97.7 cm³/mol. The van der Waals surface area contributed by atoms with Crippen LogP contribution in [0.15, 0.2) is 42.5 Å². The Hall–Kier alpha value is -2.42. The van der Waals surface area contributed by atoms with Gasteiger partial charge in [-0.05, 0) is 30.3 Å². The van der Waals surface area contributed by atoms with Crippen LogP contribution in [0.4, 0.5) is 11.4 Å². The lowest BCUT2D eigenvalue weighted by molar-refractivity contribution is -0.645. The molecule has 0 fully saturated rings. The minimum atomic E-state index is -4.92. The van der Waals surface area contributed by atoms with Gasteiger partial charge in [0.05, 0.1) is 0 Å². The summed E-state index contributed by atoms with van der Waals surface area (Å²) >= 11 is 0. The summed E-state index contributed by atoms with van der Waals surface area (Å²) in [7, 11) is -4.92. The van der Waals surface area contributed by atoms with E-state index in [-0.39, 0.29) is 0 Å². The van der Waals surface area contributed by atoms with Crippen molar-refractivity contribution in [2.24, 2.45) is 0 Å². The zero-order valence-corrected chi connectivity index (χ0v) is 14.7. The topological polar surface area (TPSA) is 133 Å². The van der Waals surface area contributed by atoms with E-state index in [0.29, 0.717) is 0 Å². The zero-order valence-electron chi connectivity index (χ0n) is 13.8. The molecule has 7 nitrogen and oxygen atoms in total. The van der Waals surface area contributed by atoms with Gasteiger partial charge in [0.1, 0.15) is 6.54 Å². The first-order valence-electron chi connectivity index (χ1n) is 7.78. The molecular weight excluding hydrogens is 342 g/mol. The van der Waals surface area contributed by atoms with Crippen molar-refractivity contribution in [1.82, 2.24) is 0 Å². The molecule has 3 aromatic rings. The monoisotopic (exact) mass is 363 g/mol. The Morgan fingerprint density at radius 1 is 1.00 bits per heavy atom. The number of rotatable bonds is 3. The van der Waals surface area contributed by atoms with Gasteiger partial charge in [0.15, 0.2) is 0 Å². The number of nitrogen functional groups attached to an aromatic ring is 2. The number of fused-ring (bicyclic) bond motifs is 2. The van der Waals surface area contributed by atoms with Gasteiger partial charge in [-0.25, -0.2) is 8.42 Å². The van der Waals surface area contributed by atoms with Crippen LogP contribution in [0.3, 0.4) is 0 Å². The molecule has 0 saturated heterocycles. The lowest BCUT2D eigenvalue weighted by Crippen LogP contribution is -2.35. The smallest absolute Gasteiger partial charge is 0.215 e. The molecule has 2 aromatic carbocycles. The number of hydrogen-bond donors (Lipinski definition) is 3. The molecule has 0 bridgehead atoms. The third kappa shape index (κ3) is 5.28. The van der Waals surface area contributed by atoms with E-state index in [9.17, 15) is 0 Å². The number of nitrogens with two attached hydrogens (primary N) is 2. The summed E-state index contributed by atoms with van der Waals surface area (Å²) in [4.78, 5) is 0. The van der Waals surface area contributed by atoms with Gasteiger partial charge in [0.25, 0.3) is 0 Å². The van der Waals surface area contributed by atoms with Crippen molar-refractivity contribution in [2.45, 2.75) is 26.3 Å². The number of pyridine rings is 1. The minimum Gasteiger partial charge on any atom is -0.726 e. The largest absolute Gasteiger partial charge is 0.726 e. The van der Waals surface area contributed by atoms with Crippen molar-refractivity contribution in [3.8, 4) is 0 Å². The fourth-order valence-corrected chi connectivity index (χ4v) is 2.69. The maximum Gasteiger partial charge on any atom is 0.215 e. The molecule has 0 radical (unpaired) electrons. The SMILES string of the molecule is CCCC[n+]1c2cc(N)ccc2cc2ccc(N)cc21.O=S(=O)([O-])O. The lowest BCUT2D eigenvalue weighted by atomic mass is 10.1. The molecule has 1 aromatic heterocycles. The molecule has 0 aliphatic carbocycles. The number of benzene rings is 2. The Morgan fingerprint density at radius 3 is 1.84 bits per heavy atom. The summed E-state index contributed by atoms with van der Waals surface area (Å²) in [6, 6.07) is 14.4. The first-order valence-corrected chi connectivity index (χ1v) is 9.15. The molecule has 0 unspecified atom stereocenters. The van der Waals surface area contributed by atoms with Crippen LogP contribution in [0.2, 0.25) is 0 Å². The number of hydrogen-bond acceptors (Lipinski definition) is 5. The summed E-state index contributed by atoms with van der Waals surface area (Å²) in [5, 5.41) is 2.43. The van der Waals surface area contributed by atoms with Crippen LogP contribution in [0, 0.1) is 0 Å². The van der Waals surface area contributed by atoms with E-state index in [4.69, 9.17) is 29.0 Å². The van der Waals surface area contributed by atoms with Gasteiger partial charge in [0, 0.05) is 40.7 Å². The first-order chi connectivity index (χ1) is 11.7. The fraction of sp³-hybridized carbons (Fsp3) is 0.235. The average Bonchev–Trinajstić information content (AvgIpc) is 2.50. The number of anilines is 2. The van der Waals surface area contributed by atoms with Crippen LogP contribution < -0.4 is 16.0 Å². The molecule has 1 heterocycles. The number of nitrogens with zero attached hydrogens (tertiary/aromatic N) is 1. The Labute approximate surface area is 146 Å². The van der Waals surface area contributed by atoms with Gasteiger partial charge in [0.2, 0.25) is 21.4 Å². The second-order valence-corrected chi connectivity index (χ2v) is 6.57. The highest BCUT2D eigenvalue weighted by Gasteiger charge is 2.15. The molecule has 134 valence electrons. The number of unbranched alkanes of at least 4 members (excludes halogenated alkanes) is 1. The lowest BCUT2D eigenvalue weighted by Gasteiger charge is -2.07. The summed E-state index contributed by atoms with van der Waals surface area (Å²) < 4.78 is 35.2. The van der Waals surface area contributed by atoms with Crippen LogP contribution in [0.5, 0.6) is 0 Å². The van der Waals surface area contributed by atoms with Crippen LogP contribution in [-0.4, -0.2) is 17.5 Å². The van der Waals surface area contributed by atoms with Crippen LogP contribution >= 0.6 is 0 Å². The molecule has 0 amide bonds. The zero-order chi connectivity index (χ0) is 18.6. The highest BCUT2D eigenvalue weighted by molar-refractivity contribution is 7.79. The molecule has 0 aliphatic heterocycles. The summed E-state index contributed by atoms with van der Waals surface area (Å²) in [6.45, 7) is 3.19. The van der Waals surface area contributed by atoms with Crippen molar-refractivity contribution in [1.29, 1.82) is 0 Å². The van der Waals surface area contributed by atoms with E-state index in [1.807, 2.05) is 24.3 Å². The highest BCUT2D eigenvalue weighted by atomic mass is 32.3. The normalized spacial score (nSPS) is 11.3. The molecule has 0 aliphatic rings. The Balaban J connectivity index is 0.000000399. The van der Waals surface area contributed by atoms with Crippen molar-refractivity contribution in [3.05, 3.63) is 42.5 Å². The van der Waals surface area contributed by atoms with Crippen LogP contribution in [-0.2, 0) is 16.9 Å². The van der Waals surface area contributed by atoms with E-state index < -0.39 is 10.4 Å². The van der Waals surface area contributed by atoms with Crippen molar-refractivity contribution >= 4 is 43.6 Å². The molecule has 5 N–H and O–H groups in total. The maximum absolute atomic E-state index is 8.63. The van der Waals surface area contributed by atoms with Crippen molar-refractivity contribution < 1.29 is 22.1 Å². The summed E-state index contributed by atoms with van der Waals surface area (Å²) in [5.74, 6) is 0. The predicted octanol–water partition coefficient (Wildman–Crippen LogP) is 2.25.